The Bertz CT molecular complexity index is 890. The van der Waals surface area contributed by atoms with Gasteiger partial charge in [-0.15, -0.1) is 10.2 Å². The van der Waals surface area contributed by atoms with Gasteiger partial charge in [0, 0.05) is 22.8 Å². The number of hydrogen-bond acceptors (Lipinski definition) is 7. The Morgan fingerprint density at radius 1 is 1.32 bits per heavy atom. The van der Waals surface area contributed by atoms with E-state index < -0.39 is 0 Å². The van der Waals surface area contributed by atoms with Crippen molar-refractivity contribution in [2.45, 2.75) is 28.9 Å². The van der Waals surface area contributed by atoms with E-state index in [-0.39, 0.29) is 11.6 Å². The second-order valence-corrected chi connectivity index (χ2v) is 8.27. The number of hydrogen-bond donors (Lipinski definition) is 1. The quantitative estimate of drug-likeness (QED) is 0.487. The number of aromatic nitrogens is 3. The summed E-state index contributed by atoms with van der Waals surface area (Å²) in [7, 11) is 0. The molecule has 1 aliphatic carbocycles. The SMILES string of the molecule is O=C(Nc1nnc(SCc2ccc(Cl)cc2)s1)c1cc(C2CC2)on1. The first-order valence-corrected chi connectivity index (χ1v) is 9.84. The van der Waals surface area contributed by atoms with Crippen LogP contribution in [0.3, 0.4) is 0 Å². The fourth-order valence-corrected chi connectivity index (χ4v) is 3.99. The second-order valence-electron chi connectivity index (χ2n) is 5.63. The molecule has 25 heavy (non-hydrogen) atoms. The Morgan fingerprint density at radius 3 is 2.88 bits per heavy atom. The molecule has 9 heteroatoms. The van der Waals surface area contributed by atoms with Gasteiger partial charge in [-0.2, -0.15) is 0 Å². The van der Waals surface area contributed by atoms with Gasteiger partial charge in [0.25, 0.3) is 5.91 Å². The molecule has 4 rings (SSSR count). The van der Waals surface area contributed by atoms with E-state index in [4.69, 9.17) is 16.1 Å². The van der Waals surface area contributed by atoms with Crippen molar-refractivity contribution in [3.63, 3.8) is 0 Å². The third kappa shape index (κ3) is 4.20. The van der Waals surface area contributed by atoms with Gasteiger partial charge in [-0.1, -0.05) is 52.0 Å². The molecule has 1 aliphatic rings. The van der Waals surface area contributed by atoms with Gasteiger partial charge in [0.05, 0.1) is 0 Å². The normalized spacial score (nSPS) is 13.8. The van der Waals surface area contributed by atoms with Gasteiger partial charge < -0.3 is 4.52 Å². The number of nitrogens with one attached hydrogen (secondary N) is 1. The molecule has 0 saturated heterocycles. The molecule has 0 atom stereocenters. The van der Waals surface area contributed by atoms with Crippen LogP contribution in [0.5, 0.6) is 0 Å². The standard InChI is InChI=1S/C16H13ClN4O2S2/c17-11-5-1-9(2-6-11)8-24-16-20-19-15(25-16)18-14(22)12-7-13(23-21-12)10-3-4-10/h1-2,5-7,10H,3-4,8H2,(H,18,19,22). The van der Waals surface area contributed by atoms with Crippen molar-refractivity contribution in [2.75, 3.05) is 5.32 Å². The van der Waals surface area contributed by atoms with E-state index in [0.717, 1.165) is 34.3 Å². The van der Waals surface area contributed by atoms with E-state index in [1.54, 1.807) is 17.8 Å². The van der Waals surface area contributed by atoms with Gasteiger partial charge in [-0.05, 0) is 30.5 Å². The average molecular weight is 393 g/mol. The predicted molar refractivity (Wildman–Crippen MR) is 97.4 cm³/mol. The number of carbonyl (C=O) groups excluding carboxylic acids is 1. The number of halogens is 1. The minimum Gasteiger partial charge on any atom is -0.360 e. The summed E-state index contributed by atoms with van der Waals surface area (Å²) >= 11 is 8.76. The minimum atomic E-state index is -0.332. The molecule has 0 spiro atoms. The summed E-state index contributed by atoms with van der Waals surface area (Å²) in [4.78, 5) is 12.2. The number of nitrogens with zero attached hydrogens (tertiary/aromatic N) is 3. The molecule has 1 amide bonds. The van der Waals surface area contributed by atoms with Crippen LogP contribution in [0.15, 0.2) is 39.2 Å². The maximum absolute atomic E-state index is 12.2. The lowest BCUT2D eigenvalue weighted by Crippen LogP contribution is -2.11. The van der Waals surface area contributed by atoms with Crippen LogP contribution in [-0.4, -0.2) is 21.3 Å². The molecule has 3 aromatic rings. The van der Waals surface area contributed by atoms with Crippen LogP contribution < -0.4 is 5.32 Å². The van der Waals surface area contributed by atoms with E-state index >= 15 is 0 Å². The highest BCUT2D eigenvalue weighted by atomic mass is 35.5. The summed E-state index contributed by atoms with van der Waals surface area (Å²) in [5.74, 6) is 1.63. The van der Waals surface area contributed by atoms with Crippen LogP contribution in [0.25, 0.3) is 0 Å². The third-order valence-electron chi connectivity index (χ3n) is 3.64. The fraction of sp³-hybridized carbons (Fsp3) is 0.250. The van der Waals surface area contributed by atoms with E-state index in [9.17, 15) is 4.79 Å². The summed E-state index contributed by atoms with van der Waals surface area (Å²) < 4.78 is 5.97. The first kappa shape index (κ1) is 16.6. The number of rotatable bonds is 6. The minimum absolute atomic E-state index is 0.271. The average Bonchev–Trinajstić information content (AvgIpc) is 3.17. The van der Waals surface area contributed by atoms with Crippen LogP contribution in [-0.2, 0) is 5.75 Å². The van der Waals surface area contributed by atoms with Gasteiger partial charge in [0.2, 0.25) is 5.13 Å². The second kappa shape index (κ2) is 7.15. The van der Waals surface area contributed by atoms with Gasteiger partial charge in [-0.25, -0.2) is 0 Å². The van der Waals surface area contributed by atoms with Crippen molar-refractivity contribution in [2.24, 2.45) is 0 Å². The van der Waals surface area contributed by atoms with E-state index in [1.807, 2.05) is 24.3 Å². The van der Waals surface area contributed by atoms with Crippen LogP contribution in [0.2, 0.25) is 5.02 Å². The van der Waals surface area contributed by atoms with Crippen molar-refractivity contribution >= 4 is 45.7 Å². The summed E-state index contributed by atoms with van der Waals surface area (Å²) in [6.07, 6.45) is 2.20. The first-order chi connectivity index (χ1) is 12.2. The molecule has 0 radical (unpaired) electrons. The number of amides is 1. The Labute approximate surface area is 157 Å². The predicted octanol–water partition coefficient (Wildman–Crippen LogP) is 4.60. The van der Waals surface area contributed by atoms with Crippen LogP contribution in [0, 0.1) is 0 Å². The molecule has 128 valence electrons. The maximum atomic E-state index is 12.2. The number of carbonyl (C=O) groups is 1. The molecule has 0 aliphatic heterocycles. The zero-order valence-electron chi connectivity index (χ0n) is 12.9. The number of benzene rings is 1. The maximum Gasteiger partial charge on any atom is 0.279 e. The summed E-state index contributed by atoms with van der Waals surface area (Å²) in [6.45, 7) is 0. The van der Waals surface area contributed by atoms with E-state index in [2.05, 4.69) is 20.7 Å². The van der Waals surface area contributed by atoms with Gasteiger partial charge in [0.1, 0.15) is 5.76 Å². The zero-order valence-corrected chi connectivity index (χ0v) is 15.3. The van der Waals surface area contributed by atoms with Gasteiger partial charge in [-0.3, -0.25) is 10.1 Å². The van der Waals surface area contributed by atoms with Crippen molar-refractivity contribution in [3.8, 4) is 0 Å². The highest BCUT2D eigenvalue weighted by Gasteiger charge is 2.29. The Kier molecular flexibility index (Phi) is 4.74. The topological polar surface area (TPSA) is 80.9 Å². The van der Waals surface area contributed by atoms with Crippen molar-refractivity contribution in [1.29, 1.82) is 0 Å². The molecule has 1 fully saturated rings. The number of thioether (sulfide) groups is 1. The smallest absolute Gasteiger partial charge is 0.279 e. The number of anilines is 1. The molecule has 2 aromatic heterocycles. The van der Waals surface area contributed by atoms with Gasteiger partial charge in [0.15, 0.2) is 10.0 Å². The Morgan fingerprint density at radius 2 is 2.12 bits per heavy atom. The lowest BCUT2D eigenvalue weighted by Gasteiger charge is -1.98. The molecular weight excluding hydrogens is 380 g/mol. The molecule has 1 aromatic carbocycles. The lowest BCUT2D eigenvalue weighted by atomic mass is 10.2. The molecule has 2 heterocycles. The molecule has 6 nitrogen and oxygen atoms in total. The van der Waals surface area contributed by atoms with Gasteiger partial charge >= 0.3 is 0 Å². The fourth-order valence-electron chi connectivity index (χ4n) is 2.16. The largest absolute Gasteiger partial charge is 0.360 e. The first-order valence-electron chi connectivity index (χ1n) is 7.66. The van der Waals surface area contributed by atoms with Crippen LogP contribution in [0.4, 0.5) is 5.13 Å². The summed E-state index contributed by atoms with van der Waals surface area (Å²) in [5.41, 5.74) is 1.41. The Hall–Kier alpha value is -1.90. The lowest BCUT2D eigenvalue weighted by molar-refractivity contribution is 0.101. The molecular formula is C16H13ClN4O2S2. The van der Waals surface area contributed by atoms with Crippen LogP contribution >= 0.6 is 34.7 Å². The highest BCUT2D eigenvalue weighted by Crippen LogP contribution is 2.40. The zero-order chi connectivity index (χ0) is 17.2. The monoisotopic (exact) mass is 392 g/mol. The van der Waals surface area contributed by atoms with E-state index in [1.165, 1.54) is 11.3 Å². The van der Waals surface area contributed by atoms with Crippen LogP contribution in [0.1, 0.15) is 40.6 Å². The van der Waals surface area contributed by atoms with Crippen molar-refractivity contribution < 1.29 is 9.32 Å². The summed E-state index contributed by atoms with van der Waals surface area (Å²) in [5, 5.41) is 15.8. The van der Waals surface area contributed by atoms with Crippen molar-refractivity contribution in [1.82, 2.24) is 15.4 Å². The third-order valence-corrected chi connectivity index (χ3v) is 5.94. The molecule has 1 saturated carbocycles. The molecule has 0 bridgehead atoms. The van der Waals surface area contributed by atoms with Crippen molar-refractivity contribution in [3.05, 3.63) is 52.4 Å². The Balaban J connectivity index is 1.33. The molecule has 1 N–H and O–H groups in total. The highest BCUT2D eigenvalue weighted by molar-refractivity contribution is 8.00. The summed E-state index contributed by atoms with van der Waals surface area (Å²) in [6, 6.07) is 9.36. The van der Waals surface area contributed by atoms with E-state index in [0.29, 0.717) is 16.1 Å². The molecule has 0 unspecified atom stereocenters.